The minimum Gasteiger partial charge on any atom is -0.311 e. The molecule has 0 radical (unpaired) electrons. The Hall–Kier alpha value is -0.670. The van der Waals surface area contributed by atoms with Crippen LogP contribution in [-0.2, 0) is 0 Å². The van der Waals surface area contributed by atoms with Crippen LogP contribution in [0.2, 0.25) is 0 Å². The first kappa shape index (κ1) is 11.8. The predicted molar refractivity (Wildman–Crippen MR) is 68.2 cm³/mol. The lowest BCUT2D eigenvalue weighted by Gasteiger charge is -2.28. The van der Waals surface area contributed by atoms with E-state index in [1.54, 1.807) is 11.3 Å². The number of ketones is 1. The second-order valence-electron chi connectivity index (χ2n) is 4.76. The molecule has 0 amide bonds. The van der Waals surface area contributed by atoms with E-state index in [1.807, 2.05) is 18.4 Å². The molecule has 1 saturated heterocycles. The lowest BCUT2D eigenvalue weighted by atomic mass is 9.95. The maximum atomic E-state index is 12.1. The van der Waals surface area contributed by atoms with E-state index in [9.17, 15) is 4.79 Å². The van der Waals surface area contributed by atoms with Gasteiger partial charge in [-0.15, -0.1) is 11.3 Å². The summed E-state index contributed by atoms with van der Waals surface area (Å²) in [5.41, 5.74) is 1.12. The van der Waals surface area contributed by atoms with Crippen molar-refractivity contribution >= 4 is 17.1 Å². The third kappa shape index (κ3) is 2.71. The zero-order chi connectivity index (χ0) is 11.5. The average Bonchev–Trinajstić information content (AvgIpc) is 2.64. The van der Waals surface area contributed by atoms with E-state index in [0.29, 0.717) is 24.3 Å². The summed E-state index contributed by atoms with van der Waals surface area (Å²) in [4.78, 5) is 13.0. The second kappa shape index (κ2) is 5.11. The van der Waals surface area contributed by atoms with Crippen molar-refractivity contribution in [3.8, 4) is 0 Å². The Balaban J connectivity index is 1.95. The Kier molecular flexibility index (Phi) is 3.77. The van der Waals surface area contributed by atoms with Crippen LogP contribution < -0.4 is 5.32 Å². The van der Waals surface area contributed by atoms with Gasteiger partial charge in [0.1, 0.15) is 0 Å². The lowest BCUT2D eigenvalue weighted by Crippen LogP contribution is -2.41. The Morgan fingerprint density at radius 1 is 1.56 bits per heavy atom. The average molecular weight is 237 g/mol. The molecule has 1 aromatic heterocycles. The van der Waals surface area contributed by atoms with Gasteiger partial charge in [-0.3, -0.25) is 4.79 Å². The Morgan fingerprint density at radius 2 is 2.38 bits per heavy atom. The standard InChI is InChI=1S/C13H19NOS/c1-9-6-7-16-13(9)12(15)8-11-5-3-4-10(2)14-11/h6-7,10-11,14H,3-5,8H2,1-2H3. The monoisotopic (exact) mass is 237 g/mol. The molecule has 0 aromatic carbocycles. The van der Waals surface area contributed by atoms with Crippen molar-refractivity contribution in [1.82, 2.24) is 5.32 Å². The van der Waals surface area contributed by atoms with E-state index in [1.165, 1.54) is 12.8 Å². The van der Waals surface area contributed by atoms with Gasteiger partial charge in [0, 0.05) is 18.5 Å². The molecule has 1 aliphatic rings. The van der Waals surface area contributed by atoms with Crippen molar-refractivity contribution in [2.75, 3.05) is 0 Å². The molecule has 88 valence electrons. The summed E-state index contributed by atoms with van der Waals surface area (Å²) in [5, 5.41) is 5.51. The van der Waals surface area contributed by atoms with Crippen molar-refractivity contribution < 1.29 is 4.79 Å². The van der Waals surface area contributed by atoms with Crippen LogP contribution in [0.15, 0.2) is 11.4 Å². The van der Waals surface area contributed by atoms with Crippen LogP contribution in [0.4, 0.5) is 0 Å². The first-order valence-corrected chi connectivity index (χ1v) is 6.88. The van der Waals surface area contributed by atoms with Crippen LogP contribution in [0, 0.1) is 6.92 Å². The summed E-state index contributed by atoms with van der Waals surface area (Å²) in [5.74, 6) is 0.305. The molecule has 0 spiro atoms. The zero-order valence-corrected chi connectivity index (χ0v) is 10.8. The third-order valence-electron chi connectivity index (χ3n) is 3.26. The van der Waals surface area contributed by atoms with Gasteiger partial charge in [0.05, 0.1) is 4.88 Å². The molecule has 2 atom stereocenters. The van der Waals surface area contributed by atoms with Gasteiger partial charge in [0.15, 0.2) is 5.78 Å². The number of hydrogen-bond donors (Lipinski definition) is 1. The highest BCUT2D eigenvalue weighted by Crippen LogP contribution is 2.21. The smallest absolute Gasteiger partial charge is 0.174 e. The molecule has 2 heterocycles. The molecule has 1 aromatic rings. The quantitative estimate of drug-likeness (QED) is 0.818. The van der Waals surface area contributed by atoms with Gasteiger partial charge in [-0.05, 0) is 43.7 Å². The fourth-order valence-electron chi connectivity index (χ4n) is 2.38. The van der Waals surface area contributed by atoms with Crippen LogP contribution in [0.25, 0.3) is 0 Å². The summed E-state index contributed by atoms with van der Waals surface area (Å²) in [6.45, 7) is 4.22. The van der Waals surface area contributed by atoms with Crippen molar-refractivity contribution in [3.63, 3.8) is 0 Å². The van der Waals surface area contributed by atoms with Gasteiger partial charge in [-0.1, -0.05) is 6.42 Å². The maximum absolute atomic E-state index is 12.1. The molecule has 2 rings (SSSR count). The topological polar surface area (TPSA) is 29.1 Å². The third-order valence-corrected chi connectivity index (χ3v) is 4.31. The minimum absolute atomic E-state index is 0.305. The van der Waals surface area contributed by atoms with Crippen molar-refractivity contribution in [2.45, 2.75) is 51.6 Å². The van der Waals surface area contributed by atoms with Gasteiger partial charge in [-0.25, -0.2) is 0 Å². The molecule has 16 heavy (non-hydrogen) atoms. The number of aryl methyl sites for hydroxylation is 1. The largest absolute Gasteiger partial charge is 0.311 e. The van der Waals surface area contributed by atoms with E-state index < -0.39 is 0 Å². The lowest BCUT2D eigenvalue weighted by molar-refractivity contribution is 0.0963. The van der Waals surface area contributed by atoms with E-state index in [2.05, 4.69) is 12.2 Å². The molecule has 3 heteroatoms. The summed E-state index contributed by atoms with van der Waals surface area (Å²) in [6.07, 6.45) is 4.28. The minimum atomic E-state index is 0.305. The Morgan fingerprint density at radius 3 is 3.00 bits per heavy atom. The number of hydrogen-bond acceptors (Lipinski definition) is 3. The number of piperidine rings is 1. The van der Waals surface area contributed by atoms with Crippen LogP contribution in [0.3, 0.4) is 0 Å². The number of carbonyl (C=O) groups is 1. The number of rotatable bonds is 3. The highest BCUT2D eigenvalue weighted by molar-refractivity contribution is 7.12. The van der Waals surface area contributed by atoms with E-state index in [4.69, 9.17) is 0 Å². The van der Waals surface area contributed by atoms with Gasteiger partial charge < -0.3 is 5.32 Å². The molecule has 0 aliphatic carbocycles. The molecular weight excluding hydrogens is 218 g/mol. The molecule has 1 aliphatic heterocycles. The van der Waals surface area contributed by atoms with Crippen LogP contribution in [0.1, 0.15) is 47.8 Å². The zero-order valence-electron chi connectivity index (χ0n) is 9.95. The van der Waals surface area contributed by atoms with Crippen molar-refractivity contribution in [3.05, 3.63) is 21.9 Å². The van der Waals surface area contributed by atoms with Crippen molar-refractivity contribution in [1.29, 1.82) is 0 Å². The first-order chi connectivity index (χ1) is 7.66. The van der Waals surface area contributed by atoms with E-state index >= 15 is 0 Å². The highest BCUT2D eigenvalue weighted by atomic mass is 32.1. The fourth-order valence-corrected chi connectivity index (χ4v) is 3.25. The second-order valence-corrected chi connectivity index (χ2v) is 5.67. The van der Waals surface area contributed by atoms with Crippen LogP contribution in [-0.4, -0.2) is 17.9 Å². The van der Waals surface area contributed by atoms with Gasteiger partial charge in [-0.2, -0.15) is 0 Å². The molecule has 0 bridgehead atoms. The Labute approximate surface area is 101 Å². The summed E-state index contributed by atoms with van der Waals surface area (Å²) < 4.78 is 0. The van der Waals surface area contributed by atoms with Crippen molar-refractivity contribution in [2.24, 2.45) is 0 Å². The number of Topliss-reactive ketones (excluding diaryl/α,β-unsaturated/α-hetero) is 1. The molecule has 1 fully saturated rings. The van der Waals surface area contributed by atoms with E-state index in [0.717, 1.165) is 16.9 Å². The summed E-state index contributed by atoms with van der Waals surface area (Å²) in [7, 11) is 0. The summed E-state index contributed by atoms with van der Waals surface area (Å²) in [6, 6.07) is 2.98. The molecule has 2 unspecified atom stereocenters. The highest BCUT2D eigenvalue weighted by Gasteiger charge is 2.21. The van der Waals surface area contributed by atoms with Gasteiger partial charge in [0.25, 0.3) is 0 Å². The predicted octanol–water partition coefficient (Wildman–Crippen LogP) is 3.16. The van der Waals surface area contributed by atoms with E-state index in [-0.39, 0.29) is 0 Å². The molecule has 2 nitrogen and oxygen atoms in total. The molecular formula is C13H19NOS. The van der Waals surface area contributed by atoms with Crippen LogP contribution >= 0.6 is 11.3 Å². The fraction of sp³-hybridized carbons (Fsp3) is 0.615. The Bertz CT molecular complexity index is 372. The number of carbonyl (C=O) groups excluding carboxylic acids is 1. The first-order valence-electron chi connectivity index (χ1n) is 6.00. The maximum Gasteiger partial charge on any atom is 0.174 e. The van der Waals surface area contributed by atoms with Gasteiger partial charge >= 0.3 is 0 Å². The van der Waals surface area contributed by atoms with Crippen LogP contribution in [0.5, 0.6) is 0 Å². The SMILES string of the molecule is Cc1ccsc1C(=O)CC1CCCC(C)N1. The molecule has 0 saturated carbocycles. The summed E-state index contributed by atoms with van der Waals surface area (Å²) >= 11 is 1.57. The van der Waals surface area contributed by atoms with Gasteiger partial charge in [0.2, 0.25) is 0 Å². The molecule has 1 N–H and O–H groups in total. The number of nitrogens with one attached hydrogen (secondary N) is 1. The number of thiophene rings is 1. The normalized spacial score (nSPS) is 25.6.